The summed E-state index contributed by atoms with van der Waals surface area (Å²) in [4.78, 5) is 2.08. The molecule has 17 heavy (non-hydrogen) atoms. The fraction of sp³-hybridized carbons (Fsp3) is 0.308. The third-order valence-corrected chi connectivity index (χ3v) is 2.72. The maximum absolute atomic E-state index is 5.86. The molecule has 1 aromatic carbocycles. The van der Waals surface area contributed by atoms with Crippen molar-refractivity contribution in [2.75, 3.05) is 24.7 Å². The van der Waals surface area contributed by atoms with Crippen molar-refractivity contribution in [3.63, 3.8) is 0 Å². The number of benzene rings is 1. The second kappa shape index (κ2) is 4.49. The zero-order valence-corrected chi connectivity index (χ0v) is 10.5. The Morgan fingerprint density at radius 1 is 1.24 bits per heavy atom. The lowest BCUT2D eigenvalue weighted by Gasteiger charge is -2.12. The first kappa shape index (κ1) is 11.5. The standard InChI is InChI=1S/C13H18N4/c1-10-8-13(14)17(15-10)9-11-4-6-12(7-5-11)16(2)3/h4-8H,9,14H2,1-3H3. The number of nitrogens with zero attached hydrogens (tertiary/aromatic N) is 3. The van der Waals surface area contributed by atoms with Crippen LogP contribution in [0.15, 0.2) is 30.3 Å². The van der Waals surface area contributed by atoms with Crippen LogP contribution in [-0.4, -0.2) is 23.9 Å². The van der Waals surface area contributed by atoms with E-state index in [4.69, 9.17) is 5.73 Å². The molecule has 0 aliphatic carbocycles. The Morgan fingerprint density at radius 3 is 2.35 bits per heavy atom. The molecule has 0 bridgehead atoms. The Morgan fingerprint density at radius 2 is 1.88 bits per heavy atom. The van der Waals surface area contributed by atoms with Crippen LogP contribution in [0.4, 0.5) is 11.5 Å². The average Bonchev–Trinajstić information content (AvgIpc) is 2.58. The average molecular weight is 230 g/mol. The second-order valence-electron chi connectivity index (χ2n) is 4.43. The van der Waals surface area contributed by atoms with Crippen molar-refractivity contribution in [1.82, 2.24) is 9.78 Å². The summed E-state index contributed by atoms with van der Waals surface area (Å²) in [7, 11) is 4.06. The van der Waals surface area contributed by atoms with Crippen LogP contribution in [0, 0.1) is 6.92 Å². The summed E-state index contributed by atoms with van der Waals surface area (Å²) in [6, 6.07) is 10.3. The first-order valence-electron chi connectivity index (χ1n) is 5.62. The number of nitrogen functional groups attached to an aromatic ring is 1. The molecule has 1 heterocycles. The SMILES string of the molecule is Cc1cc(N)n(Cc2ccc(N(C)C)cc2)n1. The summed E-state index contributed by atoms with van der Waals surface area (Å²) < 4.78 is 1.82. The zero-order chi connectivity index (χ0) is 12.4. The molecule has 0 aliphatic rings. The highest BCUT2D eigenvalue weighted by Crippen LogP contribution is 2.14. The Balaban J connectivity index is 2.16. The molecule has 2 N–H and O–H groups in total. The van der Waals surface area contributed by atoms with Gasteiger partial charge in [0.25, 0.3) is 0 Å². The number of nitrogens with two attached hydrogens (primary N) is 1. The molecule has 0 saturated heterocycles. The quantitative estimate of drug-likeness (QED) is 0.876. The Kier molecular flexibility index (Phi) is 3.04. The first-order chi connectivity index (χ1) is 8.06. The topological polar surface area (TPSA) is 47.1 Å². The monoisotopic (exact) mass is 230 g/mol. The molecule has 1 aromatic heterocycles. The number of rotatable bonds is 3. The molecule has 0 aliphatic heterocycles. The van der Waals surface area contributed by atoms with E-state index in [1.54, 1.807) is 0 Å². The van der Waals surface area contributed by atoms with Crippen LogP contribution in [0.5, 0.6) is 0 Å². The lowest BCUT2D eigenvalue weighted by atomic mass is 10.2. The van der Waals surface area contributed by atoms with E-state index in [1.165, 1.54) is 11.3 Å². The predicted octanol–water partition coefficient (Wildman–Crippen LogP) is 1.89. The van der Waals surface area contributed by atoms with Crippen molar-refractivity contribution in [2.24, 2.45) is 0 Å². The van der Waals surface area contributed by atoms with Crippen molar-refractivity contribution in [1.29, 1.82) is 0 Å². The van der Waals surface area contributed by atoms with Crippen LogP contribution in [-0.2, 0) is 6.54 Å². The minimum Gasteiger partial charge on any atom is -0.384 e. The van der Waals surface area contributed by atoms with Crippen LogP contribution in [0.1, 0.15) is 11.3 Å². The fourth-order valence-corrected chi connectivity index (χ4v) is 1.76. The molecule has 0 fully saturated rings. The molecule has 90 valence electrons. The number of aromatic nitrogens is 2. The van der Waals surface area contributed by atoms with Gasteiger partial charge in [0.15, 0.2) is 0 Å². The van der Waals surface area contributed by atoms with Gasteiger partial charge in [0.1, 0.15) is 5.82 Å². The van der Waals surface area contributed by atoms with Crippen LogP contribution in [0.2, 0.25) is 0 Å². The molecule has 0 unspecified atom stereocenters. The predicted molar refractivity (Wildman–Crippen MR) is 71.2 cm³/mol. The van der Waals surface area contributed by atoms with Gasteiger partial charge >= 0.3 is 0 Å². The van der Waals surface area contributed by atoms with Gasteiger partial charge in [-0.2, -0.15) is 5.10 Å². The van der Waals surface area contributed by atoms with E-state index in [0.29, 0.717) is 12.4 Å². The third-order valence-electron chi connectivity index (χ3n) is 2.72. The summed E-state index contributed by atoms with van der Waals surface area (Å²) in [5, 5.41) is 4.34. The highest BCUT2D eigenvalue weighted by Gasteiger charge is 2.03. The number of hydrogen-bond acceptors (Lipinski definition) is 3. The van der Waals surface area contributed by atoms with Gasteiger partial charge < -0.3 is 10.6 Å². The number of hydrogen-bond donors (Lipinski definition) is 1. The van der Waals surface area contributed by atoms with E-state index in [0.717, 1.165) is 5.69 Å². The molecule has 0 atom stereocenters. The van der Waals surface area contributed by atoms with E-state index in [-0.39, 0.29) is 0 Å². The lowest BCUT2D eigenvalue weighted by molar-refractivity contribution is 0.689. The van der Waals surface area contributed by atoms with E-state index in [9.17, 15) is 0 Å². The maximum atomic E-state index is 5.86. The first-order valence-corrected chi connectivity index (χ1v) is 5.62. The van der Waals surface area contributed by atoms with Gasteiger partial charge in [-0.3, -0.25) is 0 Å². The minimum atomic E-state index is 0.708. The molecule has 0 amide bonds. The molecule has 0 saturated carbocycles. The highest BCUT2D eigenvalue weighted by molar-refractivity contribution is 5.46. The second-order valence-corrected chi connectivity index (χ2v) is 4.43. The van der Waals surface area contributed by atoms with Crippen molar-refractivity contribution >= 4 is 11.5 Å². The van der Waals surface area contributed by atoms with Crippen LogP contribution in [0.3, 0.4) is 0 Å². The smallest absolute Gasteiger partial charge is 0.122 e. The van der Waals surface area contributed by atoms with Gasteiger partial charge in [0.05, 0.1) is 12.2 Å². The molecular weight excluding hydrogens is 212 g/mol. The molecule has 0 spiro atoms. The van der Waals surface area contributed by atoms with E-state index in [1.807, 2.05) is 31.8 Å². The zero-order valence-electron chi connectivity index (χ0n) is 10.5. The Hall–Kier alpha value is -1.97. The van der Waals surface area contributed by atoms with Gasteiger partial charge in [-0.1, -0.05) is 12.1 Å². The third kappa shape index (κ3) is 2.58. The van der Waals surface area contributed by atoms with Crippen molar-refractivity contribution in [2.45, 2.75) is 13.5 Å². The van der Waals surface area contributed by atoms with Crippen molar-refractivity contribution in [3.8, 4) is 0 Å². The van der Waals surface area contributed by atoms with Crippen LogP contribution in [0.25, 0.3) is 0 Å². The van der Waals surface area contributed by atoms with Gasteiger partial charge in [0.2, 0.25) is 0 Å². The van der Waals surface area contributed by atoms with Gasteiger partial charge in [-0.15, -0.1) is 0 Å². The summed E-state index contributed by atoms with van der Waals surface area (Å²) in [6.45, 7) is 2.66. The van der Waals surface area contributed by atoms with Gasteiger partial charge in [-0.05, 0) is 24.6 Å². The molecule has 4 heteroatoms. The molecular formula is C13H18N4. The Bertz CT molecular complexity index is 497. The van der Waals surface area contributed by atoms with Crippen LogP contribution >= 0.6 is 0 Å². The normalized spacial score (nSPS) is 10.5. The minimum absolute atomic E-state index is 0.708. The van der Waals surface area contributed by atoms with Gasteiger partial charge in [-0.25, -0.2) is 4.68 Å². The van der Waals surface area contributed by atoms with E-state index < -0.39 is 0 Å². The summed E-state index contributed by atoms with van der Waals surface area (Å²) in [6.07, 6.45) is 0. The summed E-state index contributed by atoms with van der Waals surface area (Å²) in [5.41, 5.74) is 9.20. The molecule has 2 aromatic rings. The van der Waals surface area contributed by atoms with Crippen molar-refractivity contribution in [3.05, 3.63) is 41.6 Å². The lowest BCUT2D eigenvalue weighted by Crippen LogP contribution is -2.09. The largest absolute Gasteiger partial charge is 0.384 e. The number of anilines is 2. The van der Waals surface area contributed by atoms with Crippen LogP contribution < -0.4 is 10.6 Å². The summed E-state index contributed by atoms with van der Waals surface area (Å²) >= 11 is 0. The van der Waals surface area contributed by atoms with E-state index in [2.05, 4.69) is 34.3 Å². The van der Waals surface area contributed by atoms with Gasteiger partial charge in [0, 0.05) is 25.8 Å². The number of aryl methyl sites for hydroxylation is 1. The van der Waals surface area contributed by atoms with Crippen molar-refractivity contribution < 1.29 is 0 Å². The Labute approximate surface area is 102 Å². The molecule has 4 nitrogen and oxygen atoms in total. The summed E-state index contributed by atoms with van der Waals surface area (Å²) in [5.74, 6) is 0.708. The van der Waals surface area contributed by atoms with E-state index >= 15 is 0 Å². The molecule has 0 radical (unpaired) electrons. The highest BCUT2D eigenvalue weighted by atomic mass is 15.3. The molecule has 2 rings (SSSR count). The maximum Gasteiger partial charge on any atom is 0.122 e. The fourth-order valence-electron chi connectivity index (χ4n) is 1.76.